The number of hydrogen-bond acceptors (Lipinski definition) is 6. The van der Waals surface area contributed by atoms with Gasteiger partial charge in [0.2, 0.25) is 0 Å². The number of ketones is 1. The summed E-state index contributed by atoms with van der Waals surface area (Å²) in [6, 6.07) is 17.1. The smallest absolute Gasteiger partial charge is 0.255 e. The number of aromatic nitrogens is 1. The van der Waals surface area contributed by atoms with Crippen LogP contribution in [0.2, 0.25) is 0 Å². The molecular weight excluding hydrogens is 464 g/mol. The lowest BCUT2D eigenvalue weighted by molar-refractivity contribution is 0.0995. The van der Waals surface area contributed by atoms with Crippen molar-refractivity contribution in [3.63, 3.8) is 0 Å². The Labute approximate surface area is 215 Å². The molecule has 7 heteroatoms. The van der Waals surface area contributed by atoms with Gasteiger partial charge in [0.1, 0.15) is 5.52 Å². The third kappa shape index (κ3) is 4.74. The largest absolute Gasteiger partial charge is 0.443 e. The Kier molecular flexibility index (Phi) is 6.45. The van der Waals surface area contributed by atoms with Crippen molar-refractivity contribution in [2.75, 3.05) is 36.8 Å². The molecular formula is C30H30N4O3. The fourth-order valence-electron chi connectivity index (χ4n) is 5.52. The van der Waals surface area contributed by atoms with Gasteiger partial charge < -0.3 is 20.0 Å². The number of carbonyl (C=O) groups excluding carboxylic acids is 2. The summed E-state index contributed by atoms with van der Waals surface area (Å²) in [4.78, 5) is 32.7. The Morgan fingerprint density at radius 1 is 0.946 bits per heavy atom. The van der Waals surface area contributed by atoms with Crippen molar-refractivity contribution >= 4 is 34.2 Å². The predicted molar refractivity (Wildman–Crippen MR) is 145 cm³/mol. The molecule has 1 fully saturated rings. The van der Waals surface area contributed by atoms with Crippen LogP contribution in [-0.2, 0) is 6.42 Å². The molecule has 0 unspecified atom stereocenters. The van der Waals surface area contributed by atoms with Crippen molar-refractivity contribution in [1.29, 1.82) is 0 Å². The lowest BCUT2D eigenvalue weighted by atomic mass is 9.95. The highest BCUT2D eigenvalue weighted by Crippen LogP contribution is 2.39. The summed E-state index contributed by atoms with van der Waals surface area (Å²) in [6.45, 7) is 4.28. The Balaban J connectivity index is 1.17. The average Bonchev–Trinajstić information content (AvgIpc) is 3.57. The summed E-state index contributed by atoms with van der Waals surface area (Å²) >= 11 is 0. The van der Waals surface area contributed by atoms with Gasteiger partial charge in [-0.15, -0.1) is 0 Å². The number of para-hydroxylation sites is 1. The number of anilines is 2. The molecule has 0 spiro atoms. The number of nitrogens with zero attached hydrogens (tertiary/aromatic N) is 2. The number of rotatable bonds is 7. The summed E-state index contributed by atoms with van der Waals surface area (Å²) < 4.78 is 5.63. The summed E-state index contributed by atoms with van der Waals surface area (Å²) in [5.41, 5.74) is 6.97. The van der Waals surface area contributed by atoms with Crippen LogP contribution in [0.4, 0.5) is 11.4 Å². The van der Waals surface area contributed by atoms with Gasteiger partial charge in [-0.25, -0.2) is 4.98 Å². The number of fused-ring (bicyclic) bond motifs is 2. The minimum atomic E-state index is -0.230. The van der Waals surface area contributed by atoms with Crippen LogP contribution >= 0.6 is 0 Å². The normalized spacial score (nSPS) is 15.6. The van der Waals surface area contributed by atoms with E-state index in [1.165, 1.54) is 38.7 Å². The molecule has 7 nitrogen and oxygen atoms in total. The van der Waals surface area contributed by atoms with E-state index in [1.54, 1.807) is 0 Å². The van der Waals surface area contributed by atoms with Crippen LogP contribution in [0.1, 0.15) is 52.0 Å². The van der Waals surface area contributed by atoms with E-state index in [2.05, 4.69) is 20.5 Å². The second kappa shape index (κ2) is 10.2. The molecule has 1 aliphatic heterocycles. The van der Waals surface area contributed by atoms with E-state index in [9.17, 15) is 9.59 Å². The maximum absolute atomic E-state index is 13.1. The Morgan fingerprint density at radius 2 is 1.78 bits per heavy atom. The summed E-state index contributed by atoms with van der Waals surface area (Å²) in [7, 11) is 0. The first-order valence-electron chi connectivity index (χ1n) is 13.1. The third-order valence-corrected chi connectivity index (χ3v) is 7.44. The molecule has 0 bridgehead atoms. The summed E-state index contributed by atoms with van der Waals surface area (Å²) in [6.07, 6.45) is 6.42. The van der Waals surface area contributed by atoms with Gasteiger partial charge in [-0.2, -0.15) is 0 Å². The summed E-state index contributed by atoms with van der Waals surface area (Å²) in [5, 5.41) is 6.43. The molecule has 2 heterocycles. The zero-order valence-corrected chi connectivity index (χ0v) is 20.8. The molecule has 0 atom stereocenters. The molecule has 1 saturated heterocycles. The number of likely N-dealkylation sites (tertiary alicyclic amines) is 1. The van der Waals surface area contributed by atoms with E-state index >= 15 is 0 Å². The second-order valence-electron chi connectivity index (χ2n) is 9.80. The highest BCUT2D eigenvalue weighted by atomic mass is 16.3. The maximum Gasteiger partial charge on any atom is 0.255 e. The topological polar surface area (TPSA) is 87.5 Å². The zero-order valence-electron chi connectivity index (χ0n) is 20.8. The number of carbonyl (C=O) groups is 2. The van der Waals surface area contributed by atoms with Gasteiger partial charge in [0.05, 0.1) is 5.69 Å². The molecule has 0 saturated carbocycles. The van der Waals surface area contributed by atoms with Gasteiger partial charge in [-0.05, 0) is 79.9 Å². The Bertz CT molecular complexity index is 1450. The SMILES string of the molecule is O=C(Nc1ccc(-c2cccc3ncoc23)c2c1C(=O)CC2)c1ccc(NCCN2CCCCC2)cc1. The molecule has 0 radical (unpaired) electrons. The van der Waals surface area contributed by atoms with Crippen LogP contribution in [0.15, 0.2) is 65.4 Å². The van der Waals surface area contributed by atoms with E-state index in [-0.39, 0.29) is 11.7 Å². The number of hydrogen-bond donors (Lipinski definition) is 2. The van der Waals surface area contributed by atoms with Crippen LogP contribution in [0.3, 0.4) is 0 Å². The van der Waals surface area contributed by atoms with Crippen molar-refractivity contribution in [1.82, 2.24) is 9.88 Å². The molecule has 1 aliphatic carbocycles. The lowest BCUT2D eigenvalue weighted by Crippen LogP contribution is -2.33. The van der Waals surface area contributed by atoms with Gasteiger partial charge >= 0.3 is 0 Å². The van der Waals surface area contributed by atoms with Crippen molar-refractivity contribution in [2.24, 2.45) is 0 Å². The average molecular weight is 495 g/mol. The monoisotopic (exact) mass is 494 g/mol. The first kappa shape index (κ1) is 23.4. The predicted octanol–water partition coefficient (Wildman–Crippen LogP) is 5.77. The van der Waals surface area contributed by atoms with Gasteiger partial charge in [0.15, 0.2) is 17.8 Å². The summed E-state index contributed by atoms with van der Waals surface area (Å²) in [5.74, 6) is -0.183. The van der Waals surface area contributed by atoms with Gasteiger partial charge in [-0.1, -0.05) is 24.6 Å². The van der Waals surface area contributed by atoms with Crippen LogP contribution in [-0.4, -0.2) is 47.8 Å². The Morgan fingerprint density at radius 3 is 2.62 bits per heavy atom. The van der Waals surface area contributed by atoms with Crippen LogP contribution in [0.25, 0.3) is 22.2 Å². The van der Waals surface area contributed by atoms with Gasteiger partial charge in [0.25, 0.3) is 5.91 Å². The van der Waals surface area contributed by atoms with Crippen LogP contribution in [0.5, 0.6) is 0 Å². The second-order valence-corrected chi connectivity index (χ2v) is 9.80. The highest BCUT2D eigenvalue weighted by Gasteiger charge is 2.28. The molecule has 1 amide bonds. The van der Waals surface area contributed by atoms with E-state index in [1.807, 2.05) is 54.6 Å². The standard InChI is InChI=1S/C30H30N4O3/c35-27-14-12-23-22(24-5-4-6-26-29(24)37-19-32-26)11-13-25(28(23)27)33-30(36)20-7-9-21(10-8-20)31-15-18-34-16-2-1-3-17-34/h4-11,13,19,31H,1-3,12,14-18H2,(H,33,36). The molecule has 2 aliphatic rings. The minimum Gasteiger partial charge on any atom is -0.443 e. The maximum atomic E-state index is 13.1. The van der Waals surface area contributed by atoms with Gasteiger partial charge in [0, 0.05) is 41.9 Å². The van der Waals surface area contributed by atoms with Crippen molar-refractivity contribution < 1.29 is 14.0 Å². The van der Waals surface area contributed by atoms with Crippen molar-refractivity contribution in [3.05, 3.63) is 77.7 Å². The van der Waals surface area contributed by atoms with E-state index in [0.29, 0.717) is 35.2 Å². The van der Waals surface area contributed by atoms with Crippen molar-refractivity contribution in [3.8, 4) is 11.1 Å². The quantitative estimate of drug-likeness (QED) is 0.339. The number of amides is 1. The zero-order chi connectivity index (χ0) is 25.2. The molecule has 3 aromatic carbocycles. The Hall–Kier alpha value is -3.97. The van der Waals surface area contributed by atoms with E-state index in [4.69, 9.17) is 4.42 Å². The first-order valence-corrected chi connectivity index (χ1v) is 13.1. The number of piperidine rings is 1. The fraction of sp³-hybridized carbons (Fsp3) is 0.300. The first-order chi connectivity index (χ1) is 18.2. The number of Topliss-reactive ketones (excluding diaryl/α,β-unsaturated/α-hetero) is 1. The molecule has 188 valence electrons. The van der Waals surface area contributed by atoms with Crippen LogP contribution in [0, 0.1) is 0 Å². The number of oxazole rings is 1. The van der Waals surface area contributed by atoms with Crippen molar-refractivity contribution in [2.45, 2.75) is 32.1 Å². The van der Waals surface area contributed by atoms with Crippen LogP contribution < -0.4 is 10.6 Å². The highest BCUT2D eigenvalue weighted by molar-refractivity contribution is 6.13. The van der Waals surface area contributed by atoms with Gasteiger partial charge in [-0.3, -0.25) is 9.59 Å². The fourth-order valence-corrected chi connectivity index (χ4v) is 5.52. The molecule has 1 aromatic heterocycles. The number of benzene rings is 3. The van der Waals surface area contributed by atoms with E-state index < -0.39 is 0 Å². The lowest BCUT2D eigenvalue weighted by Gasteiger charge is -2.26. The minimum absolute atomic E-state index is 0.0464. The third-order valence-electron chi connectivity index (χ3n) is 7.44. The number of nitrogens with one attached hydrogen (secondary N) is 2. The molecule has 6 rings (SSSR count). The molecule has 4 aromatic rings. The molecule has 2 N–H and O–H groups in total. The van der Waals surface area contributed by atoms with E-state index in [0.717, 1.165) is 41.0 Å². The molecule has 37 heavy (non-hydrogen) atoms.